The zero-order valence-electron chi connectivity index (χ0n) is 11.2. The van der Waals surface area contributed by atoms with Gasteiger partial charge in [0, 0.05) is 12.2 Å². The summed E-state index contributed by atoms with van der Waals surface area (Å²) >= 11 is 5.00. The molecule has 0 spiro atoms. The summed E-state index contributed by atoms with van der Waals surface area (Å²) in [5.74, 6) is 0.454. The van der Waals surface area contributed by atoms with E-state index in [1.54, 1.807) is 12.1 Å². The fourth-order valence-electron chi connectivity index (χ4n) is 1.91. The Morgan fingerprint density at radius 1 is 1.30 bits per heavy atom. The van der Waals surface area contributed by atoms with Gasteiger partial charge < -0.3 is 11.1 Å². The maximum Gasteiger partial charge on any atom is 0.136 e. The molecule has 3 nitrogen and oxygen atoms in total. The fourth-order valence-corrected chi connectivity index (χ4v) is 2.07. The molecule has 0 bridgehead atoms. The van der Waals surface area contributed by atoms with Crippen molar-refractivity contribution in [2.75, 3.05) is 11.9 Å². The highest BCUT2D eigenvalue weighted by atomic mass is 32.1. The largest absolute Gasteiger partial charge is 0.389 e. The lowest BCUT2D eigenvalue weighted by molar-refractivity contribution is 0.610. The van der Waals surface area contributed by atoms with Crippen LogP contribution in [0.4, 0.5) is 10.2 Å². The third-order valence-corrected chi connectivity index (χ3v) is 3.16. The Bertz CT molecular complexity index is 628. The van der Waals surface area contributed by atoms with Crippen LogP contribution in [0.15, 0.2) is 36.4 Å². The minimum absolute atomic E-state index is 0.193. The molecule has 0 atom stereocenters. The molecule has 20 heavy (non-hydrogen) atoms. The highest BCUT2D eigenvalue weighted by Gasteiger charge is 2.07. The molecular weight excluding hydrogens is 273 g/mol. The Morgan fingerprint density at radius 3 is 2.75 bits per heavy atom. The van der Waals surface area contributed by atoms with Crippen LogP contribution in [-0.2, 0) is 6.42 Å². The van der Waals surface area contributed by atoms with E-state index < -0.39 is 0 Å². The Morgan fingerprint density at radius 2 is 2.05 bits per heavy atom. The molecule has 0 saturated heterocycles. The van der Waals surface area contributed by atoms with Crippen molar-refractivity contribution < 1.29 is 4.39 Å². The van der Waals surface area contributed by atoms with Gasteiger partial charge in [0.2, 0.25) is 0 Å². The Kier molecular flexibility index (Phi) is 4.63. The number of hydrogen-bond donors (Lipinski definition) is 2. The third kappa shape index (κ3) is 3.51. The van der Waals surface area contributed by atoms with Crippen molar-refractivity contribution in [3.63, 3.8) is 0 Å². The van der Waals surface area contributed by atoms with Crippen molar-refractivity contribution in [1.29, 1.82) is 0 Å². The second-order valence-electron chi connectivity index (χ2n) is 4.48. The van der Waals surface area contributed by atoms with E-state index in [-0.39, 0.29) is 5.82 Å². The molecule has 0 fully saturated rings. The van der Waals surface area contributed by atoms with Crippen LogP contribution >= 0.6 is 12.2 Å². The van der Waals surface area contributed by atoms with E-state index in [1.807, 2.05) is 25.1 Å². The fraction of sp³-hybridized carbons (Fsp3) is 0.200. The predicted octanol–water partition coefficient (Wildman–Crippen LogP) is 2.82. The zero-order chi connectivity index (χ0) is 14.5. The number of aromatic nitrogens is 1. The summed E-state index contributed by atoms with van der Waals surface area (Å²) in [6.07, 6.45) is 0.569. The van der Waals surface area contributed by atoms with Gasteiger partial charge in [-0.1, -0.05) is 30.4 Å². The van der Waals surface area contributed by atoms with Gasteiger partial charge in [0.1, 0.15) is 16.6 Å². The number of thiocarbonyl (C=S) groups is 1. The molecule has 0 radical (unpaired) electrons. The summed E-state index contributed by atoms with van der Waals surface area (Å²) in [6.45, 7) is 2.46. The molecule has 1 aromatic heterocycles. The first-order valence-corrected chi connectivity index (χ1v) is 6.73. The lowest BCUT2D eigenvalue weighted by Crippen LogP contribution is -2.16. The van der Waals surface area contributed by atoms with E-state index in [9.17, 15) is 4.39 Å². The second-order valence-corrected chi connectivity index (χ2v) is 4.92. The molecule has 0 aliphatic rings. The SMILES string of the molecule is Cc1ccc(C(N)=S)c(NCCc2ccccc2F)n1. The number of anilines is 1. The monoisotopic (exact) mass is 289 g/mol. The number of nitrogens with one attached hydrogen (secondary N) is 1. The zero-order valence-corrected chi connectivity index (χ0v) is 12.0. The van der Waals surface area contributed by atoms with Crippen molar-refractivity contribution in [1.82, 2.24) is 4.98 Å². The number of pyridine rings is 1. The lowest BCUT2D eigenvalue weighted by atomic mass is 10.1. The van der Waals surface area contributed by atoms with Gasteiger partial charge in [0.15, 0.2) is 0 Å². The van der Waals surface area contributed by atoms with Gasteiger partial charge >= 0.3 is 0 Å². The van der Waals surface area contributed by atoms with Gasteiger partial charge in [0.25, 0.3) is 0 Å². The average molecular weight is 289 g/mol. The Hall–Kier alpha value is -2.01. The molecule has 0 saturated carbocycles. The number of halogens is 1. The third-order valence-electron chi connectivity index (χ3n) is 2.94. The summed E-state index contributed by atoms with van der Waals surface area (Å²) in [7, 11) is 0. The Labute approximate surface area is 123 Å². The summed E-state index contributed by atoms with van der Waals surface area (Å²) in [6, 6.07) is 10.4. The molecule has 0 unspecified atom stereocenters. The maximum absolute atomic E-state index is 13.5. The summed E-state index contributed by atoms with van der Waals surface area (Å²) in [4.78, 5) is 4.67. The van der Waals surface area contributed by atoms with E-state index >= 15 is 0 Å². The molecule has 104 valence electrons. The molecule has 0 aliphatic carbocycles. The molecule has 0 amide bonds. The smallest absolute Gasteiger partial charge is 0.136 e. The van der Waals surface area contributed by atoms with Gasteiger partial charge in [-0.25, -0.2) is 9.37 Å². The van der Waals surface area contributed by atoms with Gasteiger partial charge in [-0.2, -0.15) is 0 Å². The van der Waals surface area contributed by atoms with E-state index in [0.717, 1.165) is 5.69 Å². The lowest BCUT2D eigenvalue weighted by Gasteiger charge is -2.11. The maximum atomic E-state index is 13.5. The normalized spacial score (nSPS) is 10.3. The Balaban J connectivity index is 2.06. The van der Waals surface area contributed by atoms with Crippen LogP contribution < -0.4 is 11.1 Å². The number of rotatable bonds is 5. The first-order valence-electron chi connectivity index (χ1n) is 6.32. The molecular formula is C15H16FN3S. The topological polar surface area (TPSA) is 50.9 Å². The van der Waals surface area contributed by atoms with E-state index in [4.69, 9.17) is 18.0 Å². The van der Waals surface area contributed by atoms with E-state index in [0.29, 0.717) is 34.9 Å². The summed E-state index contributed by atoms with van der Waals surface area (Å²) in [5.41, 5.74) is 7.91. The molecule has 2 aromatic rings. The van der Waals surface area contributed by atoms with Crippen LogP contribution in [0.2, 0.25) is 0 Å². The van der Waals surface area contributed by atoms with Gasteiger partial charge in [-0.15, -0.1) is 0 Å². The first-order chi connectivity index (χ1) is 9.58. The predicted molar refractivity (Wildman–Crippen MR) is 83.5 cm³/mol. The summed E-state index contributed by atoms with van der Waals surface area (Å²) in [5, 5.41) is 3.17. The van der Waals surface area contributed by atoms with Crippen LogP contribution in [-0.4, -0.2) is 16.5 Å². The van der Waals surface area contributed by atoms with Gasteiger partial charge in [-0.3, -0.25) is 0 Å². The average Bonchev–Trinajstić information content (AvgIpc) is 2.41. The molecule has 1 heterocycles. The van der Waals surface area contributed by atoms with Crippen LogP contribution in [0, 0.1) is 12.7 Å². The summed E-state index contributed by atoms with van der Waals surface area (Å²) < 4.78 is 13.5. The second kappa shape index (κ2) is 6.43. The van der Waals surface area contributed by atoms with Crippen LogP contribution in [0.25, 0.3) is 0 Å². The van der Waals surface area contributed by atoms with Crippen LogP contribution in [0.3, 0.4) is 0 Å². The van der Waals surface area contributed by atoms with Crippen molar-refractivity contribution >= 4 is 23.0 Å². The first kappa shape index (κ1) is 14.4. The number of nitrogens with zero attached hydrogens (tertiary/aromatic N) is 1. The van der Waals surface area contributed by atoms with Crippen LogP contribution in [0.1, 0.15) is 16.8 Å². The number of nitrogens with two attached hydrogens (primary N) is 1. The quantitative estimate of drug-likeness (QED) is 0.831. The van der Waals surface area contributed by atoms with Crippen LogP contribution in [0.5, 0.6) is 0 Å². The van der Waals surface area contributed by atoms with E-state index in [1.165, 1.54) is 6.07 Å². The minimum Gasteiger partial charge on any atom is -0.389 e. The number of benzene rings is 1. The highest BCUT2D eigenvalue weighted by Crippen LogP contribution is 2.14. The molecule has 5 heteroatoms. The molecule has 1 aromatic carbocycles. The molecule has 2 rings (SSSR count). The molecule has 3 N–H and O–H groups in total. The van der Waals surface area contributed by atoms with Gasteiger partial charge in [0.05, 0.1) is 5.56 Å². The number of hydrogen-bond acceptors (Lipinski definition) is 3. The van der Waals surface area contributed by atoms with Crippen molar-refractivity contribution in [2.45, 2.75) is 13.3 Å². The standard InChI is InChI=1S/C15H16FN3S/c1-10-6-7-12(14(17)20)15(19-10)18-9-8-11-4-2-3-5-13(11)16/h2-7H,8-9H2,1H3,(H2,17,20)(H,18,19). The highest BCUT2D eigenvalue weighted by molar-refractivity contribution is 7.80. The molecule has 0 aliphatic heterocycles. The van der Waals surface area contributed by atoms with Crippen molar-refractivity contribution in [3.8, 4) is 0 Å². The van der Waals surface area contributed by atoms with E-state index in [2.05, 4.69) is 10.3 Å². The van der Waals surface area contributed by atoms with Crippen molar-refractivity contribution in [3.05, 3.63) is 59.0 Å². The van der Waals surface area contributed by atoms with Crippen molar-refractivity contribution in [2.24, 2.45) is 5.73 Å². The number of aryl methyl sites for hydroxylation is 1. The minimum atomic E-state index is -0.193. The van der Waals surface area contributed by atoms with Gasteiger partial charge in [-0.05, 0) is 37.1 Å².